The third kappa shape index (κ3) is 3.69. The van der Waals surface area contributed by atoms with Gasteiger partial charge in [0.25, 0.3) is 0 Å². The average Bonchev–Trinajstić information content (AvgIpc) is 2.69. The van der Waals surface area contributed by atoms with E-state index in [1.54, 1.807) is 0 Å². The predicted molar refractivity (Wildman–Crippen MR) is 105 cm³/mol. The van der Waals surface area contributed by atoms with E-state index in [4.69, 9.17) is 0 Å². The number of anilines is 1. The van der Waals surface area contributed by atoms with E-state index in [1.165, 1.54) is 21.9 Å². The molecular weight excluding hydrogens is 304 g/mol. The highest BCUT2D eigenvalue weighted by Gasteiger charge is 2.10. The summed E-state index contributed by atoms with van der Waals surface area (Å²) in [6.07, 6.45) is 1.85. The Labute approximate surface area is 148 Å². The molecule has 1 aromatic heterocycles. The fourth-order valence-electron chi connectivity index (χ4n) is 3.12. The Hall–Kier alpha value is -3.13. The largest absolute Gasteiger partial charge is 0.348 e. The van der Waals surface area contributed by atoms with Gasteiger partial charge >= 0.3 is 0 Å². The maximum atomic E-state index is 4.56. The monoisotopic (exact) mass is 324 g/mol. The molecule has 0 aliphatic rings. The lowest BCUT2D eigenvalue weighted by Crippen LogP contribution is -2.23. The molecule has 4 aromatic rings. The van der Waals surface area contributed by atoms with Crippen LogP contribution >= 0.6 is 0 Å². The van der Waals surface area contributed by atoms with Crippen molar-refractivity contribution in [2.24, 2.45) is 0 Å². The summed E-state index contributed by atoms with van der Waals surface area (Å²) in [5, 5.41) is 2.55. The van der Waals surface area contributed by atoms with Crippen molar-refractivity contribution in [3.63, 3.8) is 0 Å². The predicted octanol–water partition coefficient (Wildman–Crippen LogP) is 5.44. The van der Waals surface area contributed by atoms with Gasteiger partial charge in [-0.2, -0.15) is 0 Å². The van der Waals surface area contributed by atoms with Crippen LogP contribution in [-0.4, -0.2) is 4.98 Å². The summed E-state index contributed by atoms with van der Waals surface area (Å²) in [5.74, 6) is 1.000. The van der Waals surface area contributed by atoms with Crippen LogP contribution in [0, 0.1) is 0 Å². The molecule has 0 aliphatic carbocycles. The third-order valence-electron chi connectivity index (χ3n) is 4.38. The maximum absolute atomic E-state index is 4.56. The summed E-state index contributed by atoms with van der Waals surface area (Å²) in [5.41, 5.74) is 2.58. The molecule has 1 heterocycles. The standard InChI is InChI=1S/C23H20N2/c1-2-8-19(9-3-1)17-25(23-12-6-7-15-24-23)18-20-13-14-21-10-4-5-11-22(21)16-20/h1-16H,17-18H2. The summed E-state index contributed by atoms with van der Waals surface area (Å²) in [6.45, 7) is 1.67. The number of nitrogens with zero attached hydrogens (tertiary/aromatic N) is 2. The quantitative estimate of drug-likeness (QED) is 0.486. The highest BCUT2D eigenvalue weighted by molar-refractivity contribution is 5.83. The number of rotatable bonds is 5. The Morgan fingerprint density at radius 3 is 2.12 bits per heavy atom. The fourth-order valence-corrected chi connectivity index (χ4v) is 3.12. The van der Waals surface area contributed by atoms with Crippen LogP contribution in [0.2, 0.25) is 0 Å². The zero-order valence-electron chi connectivity index (χ0n) is 14.0. The molecule has 0 bridgehead atoms. The van der Waals surface area contributed by atoms with Gasteiger partial charge in [0.2, 0.25) is 0 Å². The van der Waals surface area contributed by atoms with E-state index in [9.17, 15) is 0 Å². The number of aromatic nitrogens is 1. The molecule has 0 N–H and O–H groups in total. The van der Waals surface area contributed by atoms with Crippen LogP contribution in [0.1, 0.15) is 11.1 Å². The van der Waals surface area contributed by atoms with E-state index in [0.717, 1.165) is 18.9 Å². The van der Waals surface area contributed by atoms with Crippen molar-refractivity contribution < 1.29 is 0 Å². The normalized spacial score (nSPS) is 10.7. The summed E-state index contributed by atoms with van der Waals surface area (Å²) >= 11 is 0. The second-order valence-electron chi connectivity index (χ2n) is 6.21. The summed E-state index contributed by atoms with van der Waals surface area (Å²) in [6, 6.07) is 31.8. The van der Waals surface area contributed by atoms with Crippen LogP contribution in [0.5, 0.6) is 0 Å². The molecule has 4 rings (SSSR count). The minimum atomic E-state index is 0.830. The van der Waals surface area contributed by atoms with Gasteiger partial charge in [0.05, 0.1) is 0 Å². The molecule has 122 valence electrons. The van der Waals surface area contributed by atoms with Crippen molar-refractivity contribution in [1.29, 1.82) is 0 Å². The van der Waals surface area contributed by atoms with Crippen LogP contribution in [0.15, 0.2) is 97.2 Å². The van der Waals surface area contributed by atoms with Crippen LogP contribution in [0.3, 0.4) is 0 Å². The van der Waals surface area contributed by atoms with Gasteiger partial charge in [-0.05, 0) is 40.1 Å². The van der Waals surface area contributed by atoms with Gasteiger partial charge in [-0.15, -0.1) is 0 Å². The first-order valence-corrected chi connectivity index (χ1v) is 8.56. The molecule has 0 atom stereocenters. The highest BCUT2D eigenvalue weighted by atomic mass is 15.2. The maximum Gasteiger partial charge on any atom is 0.129 e. The molecule has 0 radical (unpaired) electrons. The van der Waals surface area contributed by atoms with Gasteiger partial charge in [0.1, 0.15) is 5.82 Å². The summed E-state index contributed by atoms with van der Waals surface area (Å²) < 4.78 is 0. The molecule has 0 saturated heterocycles. The number of pyridine rings is 1. The number of benzene rings is 3. The molecule has 0 saturated carbocycles. The molecule has 2 nitrogen and oxygen atoms in total. The van der Waals surface area contributed by atoms with Crippen molar-refractivity contribution in [2.45, 2.75) is 13.1 Å². The fraction of sp³-hybridized carbons (Fsp3) is 0.0870. The summed E-state index contributed by atoms with van der Waals surface area (Å²) in [4.78, 5) is 6.88. The molecule has 0 spiro atoms. The topological polar surface area (TPSA) is 16.1 Å². The number of hydrogen-bond donors (Lipinski definition) is 0. The van der Waals surface area contributed by atoms with Crippen LogP contribution in [-0.2, 0) is 13.1 Å². The Balaban J connectivity index is 1.65. The first kappa shape index (κ1) is 15.4. The Morgan fingerprint density at radius 1 is 0.600 bits per heavy atom. The van der Waals surface area contributed by atoms with E-state index in [2.05, 4.69) is 88.7 Å². The van der Waals surface area contributed by atoms with E-state index >= 15 is 0 Å². The second-order valence-corrected chi connectivity index (χ2v) is 6.21. The molecule has 0 aliphatic heterocycles. The van der Waals surface area contributed by atoms with Crippen molar-refractivity contribution in [2.75, 3.05) is 4.90 Å². The Kier molecular flexibility index (Phi) is 4.42. The SMILES string of the molecule is c1ccc(CN(Cc2ccc3ccccc3c2)c2ccccn2)cc1. The van der Waals surface area contributed by atoms with Crippen molar-refractivity contribution in [3.8, 4) is 0 Å². The Morgan fingerprint density at radius 2 is 1.32 bits per heavy atom. The lowest BCUT2D eigenvalue weighted by Gasteiger charge is -2.24. The molecule has 0 unspecified atom stereocenters. The van der Waals surface area contributed by atoms with Crippen molar-refractivity contribution in [1.82, 2.24) is 4.98 Å². The first-order valence-electron chi connectivity index (χ1n) is 8.56. The molecule has 0 amide bonds. The first-order chi connectivity index (χ1) is 12.4. The minimum Gasteiger partial charge on any atom is -0.348 e. The molecule has 2 heteroatoms. The molecule has 3 aromatic carbocycles. The Bertz CT molecular complexity index is 949. The highest BCUT2D eigenvalue weighted by Crippen LogP contribution is 2.21. The van der Waals surface area contributed by atoms with Gasteiger partial charge in [0.15, 0.2) is 0 Å². The van der Waals surface area contributed by atoms with Crippen LogP contribution in [0.25, 0.3) is 10.8 Å². The van der Waals surface area contributed by atoms with Gasteiger partial charge < -0.3 is 4.90 Å². The van der Waals surface area contributed by atoms with E-state index in [0.29, 0.717) is 0 Å². The van der Waals surface area contributed by atoms with Crippen LogP contribution in [0.4, 0.5) is 5.82 Å². The van der Waals surface area contributed by atoms with E-state index in [1.807, 2.05) is 18.3 Å². The van der Waals surface area contributed by atoms with Crippen molar-refractivity contribution >= 4 is 16.6 Å². The van der Waals surface area contributed by atoms with Gasteiger partial charge in [-0.25, -0.2) is 4.98 Å². The summed E-state index contributed by atoms with van der Waals surface area (Å²) in [7, 11) is 0. The molecule has 25 heavy (non-hydrogen) atoms. The second kappa shape index (κ2) is 7.18. The molecule has 0 fully saturated rings. The van der Waals surface area contributed by atoms with Gasteiger partial charge in [-0.3, -0.25) is 0 Å². The lowest BCUT2D eigenvalue weighted by molar-refractivity contribution is 0.784. The van der Waals surface area contributed by atoms with Gasteiger partial charge in [0, 0.05) is 19.3 Å². The van der Waals surface area contributed by atoms with E-state index in [-0.39, 0.29) is 0 Å². The van der Waals surface area contributed by atoms with Crippen molar-refractivity contribution in [3.05, 3.63) is 108 Å². The third-order valence-corrected chi connectivity index (χ3v) is 4.38. The number of hydrogen-bond acceptors (Lipinski definition) is 2. The zero-order valence-corrected chi connectivity index (χ0v) is 14.0. The lowest BCUT2D eigenvalue weighted by atomic mass is 10.1. The minimum absolute atomic E-state index is 0.830. The van der Waals surface area contributed by atoms with Crippen LogP contribution < -0.4 is 4.90 Å². The van der Waals surface area contributed by atoms with Gasteiger partial charge in [-0.1, -0.05) is 72.8 Å². The number of fused-ring (bicyclic) bond motifs is 1. The average molecular weight is 324 g/mol. The zero-order chi connectivity index (χ0) is 16.9. The molecular formula is C23H20N2. The van der Waals surface area contributed by atoms with E-state index < -0.39 is 0 Å². The smallest absolute Gasteiger partial charge is 0.129 e.